The van der Waals surface area contributed by atoms with E-state index in [0.29, 0.717) is 6.54 Å². The van der Waals surface area contributed by atoms with E-state index in [4.69, 9.17) is 0 Å². The Morgan fingerprint density at radius 1 is 1.21 bits per heavy atom. The van der Waals surface area contributed by atoms with Crippen LogP contribution in [0.3, 0.4) is 0 Å². The fraction of sp³-hybridized carbons (Fsp3) is 0.625. The van der Waals surface area contributed by atoms with Crippen LogP contribution in [0.15, 0.2) is 24.3 Å². The second-order valence-electron chi connectivity index (χ2n) is 5.90. The first-order valence-corrected chi connectivity index (χ1v) is 7.28. The van der Waals surface area contributed by atoms with E-state index in [2.05, 4.69) is 12.2 Å². The molecule has 2 N–H and O–H groups in total. The van der Waals surface area contributed by atoms with Crippen LogP contribution in [0.2, 0.25) is 0 Å². The lowest BCUT2D eigenvalue weighted by molar-refractivity contribution is 0.00306. The molecule has 1 atom stereocenters. The van der Waals surface area contributed by atoms with E-state index in [9.17, 15) is 9.50 Å². The number of hydrogen-bond donors (Lipinski definition) is 2. The van der Waals surface area contributed by atoms with Gasteiger partial charge in [-0.2, -0.15) is 0 Å². The second-order valence-corrected chi connectivity index (χ2v) is 5.90. The van der Waals surface area contributed by atoms with Gasteiger partial charge in [-0.05, 0) is 43.9 Å². The highest BCUT2D eigenvalue weighted by Gasteiger charge is 2.28. The van der Waals surface area contributed by atoms with E-state index < -0.39 is 5.60 Å². The monoisotopic (exact) mass is 265 g/mol. The van der Waals surface area contributed by atoms with Gasteiger partial charge in [0, 0.05) is 12.6 Å². The third kappa shape index (κ3) is 4.59. The van der Waals surface area contributed by atoms with Gasteiger partial charge in [0.1, 0.15) is 5.82 Å². The fourth-order valence-electron chi connectivity index (χ4n) is 2.80. The lowest BCUT2D eigenvalue weighted by Gasteiger charge is -2.33. The van der Waals surface area contributed by atoms with Crippen molar-refractivity contribution in [1.82, 2.24) is 5.32 Å². The highest BCUT2D eigenvalue weighted by molar-refractivity contribution is 5.17. The molecule has 0 aromatic heterocycles. The first-order chi connectivity index (χ1) is 9.07. The van der Waals surface area contributed by atoms with Gasteiger partial charge in [0.25, 0.3) is 0 Å². The van der Waals surface area contributed by atoms with Crippen molar-refractivity contribution in [1.29, 1.82) is 0 Å². The van der Waals surface area contributed by atoms with Crippen molar-refractivity contribution >= 4 is 0 Å². The lowest BCUT2D eigenvalue weighted by atomic mass is 9.84. The maximum Gasteiger partial charge on any atom is 0.123 e. The maximum atomic E-state index is 12.8. The summed E-state index contributed by atoms with van der Waals surface area (Å²) in [6.45, 7) is 2.77. The number of aliphatic hydroxyl groups is 1. The minimum Gasteiger partial charge on any atom is -0.389 e. The molecule has 1 aliphatic rings. The van der Waals surface area contributed by atoms with Gasteiger partial charge in [0.05, 0.1) is 5.60 Å². The summed E-state index contributed by atoms with van der Waals surface area (Å²) in [5.41, 5.74) is 0.604. The Hall–Kier alpha value is -0.930. The summed E-state index contributed by atoms with van der Waals surface area (Å²) in [6, 6.07) is 6.93. The van der Waals surface area contributed by atoms with Gasteiger partial charge < -0.3 is 10.4 Å². The lowest BCUT2D eigenvalue weighted by Crippen LogP contribution is -2.45. The third-order valence-electron chi connectivity index (χ3n) is 4.02. The molecule has 0 saturated heterocycles. The van der Waals surface area contributed by atoms with Gasteiger partial charge in [-0.1, -0.05) is 31.4 Å². The predicted octanol–water partition coefficient (Wildman–Crippen LogP) is 3.04. The summed E-state index contributed by atoms with van der Waals surface area (Å²) < 4.78 is 12.8. The molecular formula is C16H24FNO. The van der Waals surface area contributed by atoms with Crippen LogP contribution in [0.4, 0.5) is 4.39 Å². The normalized spacial score (nSPS) is 20.2. The second kappa shape index (κ2) is 6.49. The van der Waals surface area contributed by atoms with Crippen molar-refractivity contribution in [2.45, 2.75) is 57.1 Å². The SMILES string of the molecule is CC(Cc1ccc(F)cc1)NCC1(O)CCCCC1. The molecule has 1 aliphatic carbocycles. The highest BCUT2D eigenvalue weighted by Crippen LogP contribution is 2.27. The van der Waals surface area contributed by atoms with Gasteiger partial charge >= 0.3 is 0 Å². The van der Waals surface area contributed by atoms with Crippen molar-refractivity contribution in [3.63, 3.8) is 0 Å². The summed E-state index contributed by atoms with van der Waals surface area (Å²) in [7, 11) is 0. The number of benzene rings is 1. The maximum absolute atomic E-state index is 12.8. The summed E-state index contributed by atoms with van der Waals surface area (Å²) in [4.78, 5) is 0. The van der Waals surface area contributed by atoms with Gasteiger partial charge in [0.2, 0.25) is 0 Å². The van der Waals surface area contributed by atoms with E-state index >= 15 is 0 Å². The predicted molar refractivity (Wildman–Crippen MR) is 75.6 cm³/mol. The van der Waals surface area contributed by atoms with Crippen LogP contribution in [-0.4, -0.2) is 23.3 Å². The van der Waals surface area contributed by atoms with E-state index in [1.165, 1.54) is 18.6 Å². The van der Waals surface area contributed by atoms with Gasteiger partial charge in [-0.15, -0.1) is 0 Å². The molecule has 0 radical (unpaired) electrons. The Morgan fingerprint density at radius 3 is 2.47 bits per heavy atom. The minimum atomic E-state index is -0.519. The molecule has 1 unspecified atom stereocenters. The van der Waals surface area contributed by atoms with Gasteiger partial charge in [0.15, 0.2) is 0 Å². The number of halogens is 1. The zero-order chi connectivity index (χ0) is 13.7. The van der Waals surface area contributed by atoms with E-state index in [1.807, 2.05) is 12.1 Å². The Balaban J connectivity index is 1.77. The average molecular weight is 265 g/mol. The number of nitrogens with one attached hydrogen (secondary N) is 1. The molecule has 3 heteroatoms. The molecule has 0 amide bonds. The molecule has 1 saturated carbocycles. The van der Waals surface area contributed by atoms with Crippen molar-refractivity contribution in [3.05, 3.63) is 35.6 Å². The molecule has 1 aromatic carbocycles. The Bertz CT molecular complexity index is 384. The first-order valence-electron chi connectivity index (χ1n) is 7.28. The molecule has 1 fully saturated rings. The van der Waals surface area contributed by atoms with E-state index in [0.717, 1.165) is 37.7 Å². The van der Waals surface area contributed by atoms with E-state index in [1.54, 1.807) is 0 Å². The smallest absolute Gasteiger partial charge is 0.123 e. The molecule has 1 aromatic rings. The van der Waals surface area contributed by atoms with Crippen molar-refractivity contribution < 1.29 is 9.50 Å². The van der Waals surface area contributed by atoms with Crippen LogP contribution in [0, 0.1) is 5.82 Å². The Kier molecular flexibility index (Phi) is 4.94. The van der Waals surface area contributed by atoms with Gasteiger partial charge in [-0.3, -0.25) is 0 Å². The summed E-state index contributed by atoms with van der Waals surface area (Å²) >= 11 is 0. The van der Waals surface area contributed by atoms with Gasteiger partial charge in [-0.25, -0.2) is 4.39 Å². The molecule has 2 rings (SSSR count). The van der Waals surface area contributed by atoms with Crippen molar-refractivity contribution in [2.24, 2.45) is 0 Å². The molecular weight excluding hydrogens is 241 g/mol. The minimum absolute atomic E-state index is 0.194. The molecule has 0 aliphatic heterocycles. The summed E-state index contributed by atoms with van der Waals surface area (Å²) in [5, 5.41) is 13.8. The van der Waals surface area contributed by atoms with Crippen molar-refractivity contribution in [2.75, 3.05) is 6.54 Å². The van der Waals surface area contributed by atoms with Crippen LogP contribution in [0.5, 0.6) is 0 Å². The molecule has 0 spiro atoms. The largest absolute Gasteiger partial charge is 0.389 e. The van der Waals surface area contributed by atoms with Crippen LogP contribution >= 0.6 is 0 Å². The van der Waals surface area contributed by atoms with Crippen molar-refractivity contribution in [3.8, 4) is 0 Å². The molecule has 19 heavy (non-hydrogen) atoms. The topological polar surface area (TPSA) is 32.3 Å². The van der Waals surface area contributed by atoms with Crippen LogP contribution < -0.4 is 5.32 Å². The molecule has 0 bridgehead atoms. The first kappa shape index (κ1) is 14.5. The van der Waals surface area contributed by atoms with Crippen LogP contribution in [-0.2, 0) is 6.42 Å². The highest BCUT2D eigenvalue weighted by atomic mass is 19.1. The number of rotatable bonds is 5. The Morgan fingerprint density at radius 2 is 1.84 bits per heavy atom. The zero-order valence-electron chi connectivity index (χ0n) is 11.7. The average Bonchev–Trinajstić information content (AvgIpc) is 2.40. The summed E-state index contributed by atoms with van der Waals surface area (Å²) in [6.07, 6.45) is 6.17. The number of hydrogen-bond acceptors (Lipinski definition) is 2. The standard InChI is InChI=1S/C16H24FNO/c1-13(11-14-5-7-15(17)8-6-14)18-12-16(19)9-3-2-4-10-16/h5-8,13,18-19H,2-4,9-12H2,1H3. The third-order valence-corrected chi connectivity index (χ3v) is 4.02. The van der Waals surface area contributed by atoms with E-state index in [-0.39, 0.29) is 11.9 Å². The molecule has 2 nitrogen and oxygen atoms in total. The quantitative estimate of drug-likeness (QED) is 0.857. The fourth-order valence-corrected chi connectivity index (χ4v) is 2.80. The summed E-state index contributed by atoms with van der Waals surface area (Å²) in [5.74, 6) is -0.194. The molecule has 0 heterocycles. The zero-order valence-corrected chi connectivity index (χ0v) is 11.7. The van der Waals surface area contributed by atoms with Crippen LogP contribution in [0.25, 0.3) is 0 Å². The molecule has 106 valence electrons. The van der Waals surface area contributed by atoms with Crippen LogP contribution in [0.1, 0.15) is 44.6 Å². The Labute approximate surface area is 115 Å².